The lowest BCUT2D eigenvalue weighted by Gasteiger charge is -2.29. The first kappa shape index (κ1) is 38.7. The van der Waals surface area contributed by atoms with E-state index in [1.807, 2.05) is 40.0 Å². The van der Waals surface area contributed by atoms with Crippen LogP contribution in [0.15, 0.2) is 5.38 Å². The van der Waals surface area contributed by atoms with E-state index in [9.17, 15) is 34.2 Å². The van der Waals surface area contributed by atoms with E-state index in [1.54, 1.807) is 27.9 Å². The fraction of sp³-hybridized carbons (Fsp3) is 0.724. The molecule has 2 unspecified atom stereocenters. The Balaban J connectivity index is 2.76. The number of aliphatic hydroxyl groups is 1. The zero-order valence-electron chi connectivity index (χ0n) is 27.3. The van der Waals surface area contributed by atoms with Crippen LogP contribution in [-0.2, 0) is 25.6 Å². The summed E-state index contributed by atoms with van der Waals surface area (Å²) in [5.74, 6) is -3.08. The number of aromatic nitrogens is 1. The second-order valence-electron chi connectivity index (χ2n) is 12.3. The molecule has 0 aliphatic carbocycles. The third-order valence-electron chi connectivity index (χ3n) is 6.79. The van der Waals surface area contributed by atoms with Crippen LogP contribution < -0.4 is 21.5 Å². The van der Waals surface area contributed by atoms with Gasteiger partial charge in [0.2, 0.25) is 17.7 Å². The van der Waals surface area contributed by atoms with Crippen molar-refractivity contribution in [2.45, 2.75) is 92.3 Å². The van der Waals surface area contributed by atoms with E-state index in [-0.39, 0.29) is 37.1 Å². The maximum atomic E-state index is 12.9. The fourth-order valence-electron chi connectivity index (χ4n) is 4.36. The van der Waals surface area contributed by atoms with E-state index in [0.29, 0.717) is 17.9 Å². The largest absolute Gasteiger partial charge is 0.464 e. The summed E-state index contributed by atoms with van der Waals surface area (Å²) in [4.78, 5) is 67.0. The number of carbonyl (C=O) groups excluding carboxylic acids is 4. The molecule has 6 N–H and O–H groups in total. The number of aryl methyl sites for hydroxylation is 1. The highest BCUT2D eigenvalue weighted by atomic mass is 32.1. The number of hydrogen-bond donors (Lipinski definition) is 6. The molecule has 14 nitrogen and oxygen atoms in total. The Hall–Kier alpha value is -3.30. The molecule has 0 radical (unpaired) electrons. The Labute approximate surface area is 264 Å². The second-order valence-corrected chi connectivity index (χ2v) is 13.2. The number of aliphatic hydroxyl groups excluding tert-OH is 1. The maximum absolute atomic E-state index is 12.9. The van der Waals surface area contributed by atoms with Crippen molar-refractivity contribution in [2.24, 2.45) is 23.7 Å². The molecule has 1 heterocycles. The molecule has 1 aromatic rings. The van der Waals surface area contributed by atoms with Gasteiger partial charge in [0.05, 0.1) is 23.7 Å². The summed E-state index contributed by atoms with van der Waals surface area (Å²) in [7, 11) is 3.34. The van der Waals surface area contributed by atoms with Gasteiger partial charge in [-0.2, -0.15) is 0 Å². The first-order valence-electron chi connectivity index (χ1n) is 14.9. The summed E-state index contributed by atoms with van der Waals surface area (Å²) in [6, 6.07) is -1.47. The van der Waals surface area contributed by atoms with Crippen molar-refractivity contribution >= 4 is 41.1 Å². The van der Waals surface area contributed by atoms with Gasteiger partial charge in [0.1, 0.15) is 6.04 Å². The molecule has 0 spiro atoms. The average Bonchev–Trinajstić information content (AvgIpc) is 3.31. The Morgan fingerprint density at radius 1 is 0.909 bits per heavy atom. The molecule has 0 bridgehead atoms. The molecular weight excluding hydrogens is 590 g/mol. The lowest BCUT2D eigenvalue weighted by molar-refractivity contribution is -0.134. The zero-order chi connectivity index (χ0) is 33.7. The highest BCUT2D eigenvalue weighted by Gasteiger charge is 2.30. The summed E-state index contributed by atoms with van der Waals surface area (Å²) < 4.78 is 0. The molecule has 5 atom stereocenters. The van der Waals surface area contributed by atoms with Crippen molar-refractivity contribution in [3.63, 3.8) is 0 Å². The first-order chi connectivity index (χ1) is 20.4. The number of nitrogens with zero attached hydrogens (tertiary/aromatic N) is 3. The average molecular weight is 642 g/mol. The topological polar surface area (TPSA) is 193 Å². The van der Waals surface area contributed by atoms with Crippen molar-refractivity contribution in [3.05, 3.63) is 16.1 Å². The van der Waals surface area contributed by atoms with Gasteiger partial charge in [-0.25, -0.2) is 19.8 Å². The Kier molecular flexibility index (Phi) is 16.3. The summed E-state index contributed by atoms with van der Waals surface area (Å²) >= 11 is 1.42. The van der Waals surface area contributed by atoms with E-state index in [0.717, 1.165) is 10.7 Å². The van der Waals surface area contributed by atoms with Crippen LogP contribution in [0.3, 0.4) is 0 Å². The number of hydrazine groups is 2. The van der Waals surface area contributed by atoms with Gasteiger partial charge in [-0.1, -0.05) is 41.5 Å². The summed E-state index contributed by atoms with van der Waals surface area (Å²) in [6.07, 6.45) is -1.97. The standard InChI is InChI=1S/C29H51N7O7S/c1-16(2)12-21(22(37)13-18(5)26(39)32-25(17(3)4)28(41)33-35(8)9)31-23(38)10-11-36(29(42)43)34-27(40)19(6)14-24-30-20(7)15-44-24/h15-19,21-22,25,37H,10-14H2,1-9H3,(H,31,38)(H,32,39)(H,33,41)(H,34,40)(H,42,43)/t18-,19?,21+,22+,25?/m1/s1. The quantitative estimate of drug-likeness (QED) is 0.137. The third kappa shape index (κ3) is 14.0. The van der Waals surface area contributed by atoms with Crippen molar-refractivity contribution in [2.75, 3.05) is 20.6 Å². The molecule has 0 saturated heterocycles. The molecule has 0 saturated carbocycles. The van der Waals surface area contributed by atoms with Crippen LogP contribution in [0.5, 0.6) is 0 Å². The van der Waals surface area contributed by atoms with E-state index in [2.05, 4.69) is 26.5 Å². The molecule has 0 aromatic carbocycles. The number of carboxylic acid groups (broad SMARTS) is 1. The van der Waals surface area contributed by atoms with Gasteiger partial charge in [0.25, 0.3) is 5.91 Å². The van der Waals surface area contributed by atoms with Gasteiger partial charge in [0, 0.05) is 49.8 Å². The number of amides is 5. The van der Waals surface area contributed by atoms with Crippen LogP contribution >= 0.6 is 11.3 Å². The van der Waals surface area contributed by atoms with Crippen molar-refractivity contribution < 1.29 is 34.2 Å². The molecule has 0 aliphatic rings. The smallest absolute Gasteiger partial charge is 0.426 e. The van der Waals surface area contributed by atoms with Crippen molar-refractivity contribution in [3.8, 4) is 0 Å². The first-order valence-corrected chi connectivity index (χ1v) is 15.8. The molecular formula is C29H51N7O7S. The molecule has 1 aromatic heterocycles. The van der Waals surface area contributed by atoms with Gasteiger partial charge in [0.15, 0.2) is 0 Å². The van der Waals surface area contributed by atoms with Crippen LogP contribution in [-0.4, -0.2) is 93.8 Å². The van der Waals surface area contributed by atoms with E-state index in [4.69, 9.17) is 0 Å². The molecule has 5 amide bonds. The number of thiazole rings is 1. The second kappa shape index (κ2) is 18.5. The van der Waals surface area contributed by atoms with Crippen LogP contribution in [0.4, 0.5) is 4.79 Å². The summed E-state index contributed by atoms with van der Waals surface area (Å²) in [5, 5.41) is 30.9. The van der Waals surface area contributed by atoms with Gasteiger partial charge in [-0.05, 0) is 31.6 Å². The van der Waals surface area contributed by atoms with Crippen molar-refractivity contribution in [1.29, 1.82) is 0 Å². The van der Waals surface area contributed by atoms with E-state index >= 15 is 0 Å². The molecule has 250 valence electrons. The minimum atomic E-state index is -1.42. The maximum Gasteiger partial charge on any atom is 0.426 e. The van der Waals surface area contributed by atoms with Gasteiger partial charge in [-0.3, -0.25) is 30.0 Å². The molecule has 0 aliphatic heterocycles. The fourth-order valence-corrected chi connectivity index (χ4v) is 5.26. The zero-order valence-corrected chi connectivity index (χ0v) is 28.2. The van der Waals surface area contributed by atoms with Crippen molar-refractivity contribution in [1.82, 2.24) is 36.5 Å². The molecule has 44 heavy (non-hydrogen) atoms. The summed E-state index contributed by atoms with van der Waals surface area (Å²) in [6.45, 7) is 12.3. The molecule has 15 heteroatoms. The Bertz CT molecular complexity index is 1110. The lowest BCUT2D eigenvalue weighted by Crippen LogP contribution is -2.54. The monoisotopic (exact) mass is 641 g/mol. The third-order valence-corrected chi connectivity index (χ3v) is 7.78. The number of carbonyl (C=O) groups is 5. The highest BCUT2D eigenvalue weighted by molar-refractivity contribution is 7.09. The van der Waals surface area contributed by atoms with E-state index < -0.39 is 53.8 Å². The Morgan fingerprint density at radius 3 is 2.05 bits per heavy atom. The SMILES string of the molecule is Cc1csc(CC(C)C(=O)NN(CCC(=O)N[C@@H](CC(C)C)[C@@H](O)C[C@@H](C)C(=O)NC(C(=O)NN(C)C)C(C)C)C(=O)O)n1. The predicted molar refractivity (Wildman–Crippen MR) is 167 cm³/mol. The van der Waals surface area contributed by atoms with Crippen LogP contribution in [0.25, 0.3) is 0 Å². The summed E-state index contributed by atoms with van der Waals surface area (Å²) in [5.41, 5.74) is 5.84. The van der Waals surface area contributed by atoms with Crippen LogP contribution in [0, 0.1) is 30.6 Å². The van der Waals surface area contributed by atoms with Crippen LogP contribution in [0.2, 0.25) is 0 Å². The van der Waals surface area contributed by atoms with Gasteiger partial charge in [-0.15, -0.1) is 11.3 Å². The van der Waals surface area contributed by atoms with Gasteiger partial charge >= 0.3 is 6.09 Å². The number of rotatable bonds is 17. The lowest BCUT2D eigenvalue weighted by atomic mass is 9.92. The number of hydrogen-bond acceptors (Lipinski definition) is 9. The normalized spacial score (nSPS) is 14.8. The predicted octanol–water partition coefficient (Wildman–Crippen LogP) is 1.68. The minimum absolute atomic E-state index is 0.0252. The number of nitrogens with one attached hydrogen (secondary N) is 4. The van der Waals surface area contributed by atoms with E-state index in [1.165, 1.54) is 16.3 Å². The Morgan fingerprint density at radius 2 is 1.55 bits per heavy atom. The van der Waals surface area contributed by atoms with Gasteiger partial charge < -0.3 is 20.8 Å². The minimum Gasteiger partial charge on any atom is -0.464 e. The molecule has 1 rings (SSSR count). The molecule has 0 fully saturated rings. The van der Waals surface area contributed by atoms with Crippen LogP contribution in [0.1, 0.15) is 71.5 Å². The highest BCUT2D eigenvalue weighted by Crippen LogP contribution is 2.17.